The number of hydrogen-bond donors (Lipinski definition) is 1. The molecule has 0 aliphatic heterocycles. The second kappa shape index (κ2) is 4.49. The number of anilines is 1. The summed E-state index contributed by atoms with van der Waals surface area (Å²) in [6.45, 7) is 3.05. The van der Waals surface area contributed by atoms with Crippen molar-refractivity contribution in [1.29, 1.82) is 0 Å². The van der Waals surface area contributed by atoms with Gasteiger partial charge in [0, 0.05) is 17.0 Å². The molecule has 0 radical (unpaired) electrons. The van der Waals surface area contributed by atoms with E-state index in [1.807, 2.05) is 11.3 Å². The molecule has 3 heteroatoms. The molecule has 2 aromatic rings. The number of thiazole rings is 1. The lowest BCUT2D eigenvalue weighted by Gasteiger charge is -2.03. The van der Waals surface area contributed by atoms with Crippen molar-refractivity contribution in [3.8, 4) is 11.3 Å². The number of aromatic nitrogens is 1. The standard InChI is InChI=1S/C14H16N2S/c1-2-15-14-16-13-11-8-4-3-6-10(11)7-5-9-12(13)17-14/h3-4,6,8H,2,5,7,9H2,1H3,(H,15,16). The molecule has 1 aliphatic carbocycles. The lowest BCUT2D eigenvalue weighted by molar-refractivity contribution is 0.843. The SMILES string of the molecule is CCNc1nc2c(s1)CCCc1ccccc1-2. The topological polar surface area (TPSA) is 24.9 Å². The van der Waals surface area contributed by atoms with Crippen LogP contribution in [-0.4, -0.2) is 11.5 Å². The average molecular weight is 244 g/mol. The second-order valence-electron chi connectivity index (χ2n) is 4.33. The van der Waals surface area contributed by atoms with E-state index in [1.54, 1.807) is 0 Å². The minimum Gasteiger partial charge on any atom is -0.362 e. The Morgan fingerprint density at radius 3 is 3.06 bits per heavy atom. The van der Waals surface area contributed by atoms with E-state index in [-0.39, 0.29) is 0 Å². The van der Waals surface area contributed by atoms with Gasteiger partial charge >= 0.3 is 0 Å². The summed E-state index contributed by atoms with van der Waals surface area (Å²) >= 11 is 1.81. The van der Waals surface area contributed by atoms with Crippen LogP contribution in [0.4, 0.5) is 5.13 Å². The number of fused-ring (bicyclic) bond motifs is 3. The predicted octanol–water partition coefficient (Wildman–Crippen LogP) is 3.73. The first-order chi connectivity index (χ1) is 8.38. The van der Waals surface area contributed by atoms with Crippen LogP contribution in [0, 0.1) is 0 Å². The average Bonchev–Trinajstić information content (AvgIpc) is 2.66. The summed E-state index contributed by atoms with van der Waals surface area (Å²) in [6.07, 6.45) is 3.57. The van der Waals surface area contributed by atoms with Crippen LogP contribution >= 0.6 is 11.3 Å². The van der Waals surface area contributed by atoms with Gasteiger partial charge < -0.3 is 5.32 Å². The zero-order chi connectivity index (χ0) is 11.7. The van der Waals surface area contributed by atoms with Gasteiger partial charge in [-0.15, -0.1) is 11.3 Å². The van der Waals surface area contributed by atoms with Gasteiger partial charge in [0.2, 0.25) is 0 Å². The third kappa shape index (κ3) is 1.95. The van der Waals surface area contributed by atoms with Crippen LogP contribution in [0.3, 0.4) is 0 Å². The Morgan fingerprint density at radius 1 is 1.29 bits per heavy atom. The molecule has 0 amide bonds. The van der Waals surface area contributed by atoms with Crippen molar-refractivity contribution in [2.24, 2.45) is 0 Å². The van der Waals surface area contributed by atoms with Crippen molar-refractivity contribution >= 4 is 16.5 Å². The van der Waals surface area contributed by atoms with Crippen LogP contribution < -0.4 is 5.32 Å². The molecule has 3 rings (SSSR count). The fourth-order valence-corrected chi connectivity index (χ4v) is 3.45. The van der Waals surface area contributed by atoms with Crippen LogP contribution in [0.15, 0.2) is 24.3 Å². The molecule has 1 aromatic carbocycles. The van der Waals surface area contributed by atoms with Crippen LogP contribution in [0.25, 0.3) is 11.3 Å². The molecular weight excluding hydrogens is 228 g/mol. The Morgan fingerprint density at radius 2 is 2.18 bits per heavy atom. The molecule has 0 atom stereocenters. The van der Waals surface area contributed by atoms with E-state index in [2.05, 4.69) is 36.5 Å². The van der Waals surface area contributed by atoms with Gasteiger partial charge in [-0.3, -0.25) is 0 Å². The van der Waals surface area contributed by atoms with Crippen molar-refractivity contribution in [2.75, 3.05) is 11.9 Å². The van der Waals surface area contributed by atoms with Gasteiger partial charge in [0.05, 0.1) is 5.69 Å². The first kappa shape index (κ1) is 10.8. The van der Waals surface area contributed by atoms with Crippen molar-refractivity contribution in [2.45, 2.75) is 26.2 Å². The zero-order valence-electron chi connectivity index (χ0n) is 9.99. The maximum absolute atomic E-state index is 4.75. The van der Waals surface area contributed by atoms with Gasteiger partial charge in [-0.05, 0) is 31.7 Å². The third-order valence-electron chi connectivity index (χ3n) is 3.15. The monoisotopic (exact) mass is 244 g/mol. The van der Waals surface area contributed by atoms with Crippen molar-refractivity contribution in [3.63, 3.8) is 0 Å². The van der Waals surface area contributed by atoms with Crippen molar-refractivity contribution in [3.05, 3.63) is 34.7 Å². The number of nitrogens with one attached hydrogen (secondary N) is 1. The van der Waals surface area contributed by atoms with E-state index in [0.29, 0.717) is 0 Å². The lowest BCUT2D eigenvalue weighted by atomic mass is 10.0. The molecule has 1 aromatic heterocycles. The molecule has 0 bridgehead atoms. The van der Waals surface area contributed by atoms with E-state index in [9.17, 15) is 0 Å². The Bertz CT molecular complexity index is 531. The maximum Gasteiger partial charge on any atom is 0.183 e. The molecule has 0 saturated carbocycles. The van der Waals surface area contributed by atoms with Crippen LogP contribution in [0.2, 0.25) is 0 Å². The van der Waals surface area contributed by atoms with Crippen molar-refractivity contribution in [1.82, 2.24) is 4.98 Å². The van der Waals surface area contributed by atoms with Gasteiger partial charge in [-0.2, -0.15) is 0 Å². The van der Waals surface area contributed by atoms with Gasteiger partial charge in [0.15, 0.2) is 5.13 Å². The predicted molar refractivity (Wildman–Crippen MR) is 73.7 cm³/mol. The number of rotatable bonds is 2. The number of nitrogens with zero attached hydrogens (tertiary/aromatic N) is 1. The molecule has 1 heterocycles. The quantitative estimate of drug-likeness (QED) is 0.870. The molecule has 1 N–H and O–H groups in total. The normalized spacial score (nSPS) is 13.7. The Balaban J connectivity index is 2.11. The first-order valence-corrected chi connectivity index (χ1v) is 7.02. The highest BCUT2D eigenvalue weighted by molar-refractivity contribution is 7.16. The minimum absolute atomic E-state index is 0.939. The Kier molecular flexibility index (Phi) is 2.85. The van der Waals surface area contributed by atoms with Crippen LogP contribution in [0.5, 0.6) is 0 Å². The summed E-state index contributed by atoms with van der Waals surface area (Å²) in [5.41, 5.74) is 3.99. The van der Waals surface area contributed by atoms with Crippen LogP contribution in [0.1, 0.15) is 23.8 Å². The highest BCUT2D eigenvalue weighted by Gasteiger charge is 2.18. The van der Waals surface area contributed by atoms with Gasteiger partial charge in [-0.1, -0.05) is 24.3 Å². The van der Waals surface area contributed by atoms with E-state index in [0.717, 1.165) is 18.1 Å². The van der Waals surface area contributed by atoms with Crippen LogP contribution in [-0.2, 0) is 12.8 Å². The molecule has 2 nitrogen and oxygen atoms in total. The maximum atomic E-state index is 4.75. The summed E-state index contributed by atoms with van der Waals surface area (Å²) in [5, 5.41) is 4.39. The summed E-state index contributed by atoms with van der Waals surface area (Å²) in [7, 11) is 0. The van der Waals surface area contributed by atoms with E-state index >= 15 is 0 Å². The summed E-state index contributed by atoms with van der Waals surface area (Å²) < 4.78 is 0. The van der Waals surface area contributed by atoms with Gasteiger partial charge in [0.25, 0.3) is 0 Å². The molecular formula is C14H16N2S. The number of benzene rings is 1. The highest BCUT2D eigenvalue weighted by atomic mass is 32.1. The smallest absolute Gasteiger partial charge is 0.183 e. The van der Waals surface area contributed by atoms with E-state index < -0.39 is 0 Å². The van der Waals surface area contributed by atoms with E-state index in [4.69, 9.17) is 4.98 Å². The summed E-state index contributed by atoms with van der Waals surface area (Å²) in [6, 6.07) is 8.67. The van der Waals surface area contributed by atoms with Gasteiger partial charge in [0.1, 0.15) is 0 Å². The molecule has 0 unspecified atom stereocenters. The number of aryl methyl sites for hydroxylation is 2. The largest absolute Gasteiger partial charge is 0.362 e. The molecule has 0 saturated heterocycles. The Labute approximate surface area is 106 Å². The Hall–Kier alpha value is -1.35. The van der Waals surface area contributed by atoms with Gasteiger partial charge in [-0.25, -0.2) is 4.98 Å². The summed E-state index contributed by atoms with van der Waals surface area (Å²) in [5.74, 6) is 0. The molecule has 0 fully saturated rings. The molecule has 88 valence electrons. The second-order valence-corrected chi connectivity index (χ2v) is 5.42. The highest BCUT2D eigenvalue weighted by Crippen LogP contribution is 2.36. The molecule has 17 heavy (non-hydrogen) atoms. The fourth-order valence-electron chi connectivity index (χ4n) is 2.37. The van der Waals surface area contributed by atoms with E-state index in [1.165, 1.54) is 34.5 Å². The first-order valence-electron chi connectivity index (χ1n) is 6.20. The summed E-state index contributed by atoms with van der Waals surface area (Å²) in [4.78, 5) is 6.19. The zero-order valence-corrected chi connectivity index (χ0v) is 10.8. The fraction of sp³-hybridized carbons (Fsp3) is 0.357. The number of hydrogen-bond acceptors (Lipinski definition) is 3. The van der Waals surface area contributed by atoms with Crippen molar-refractivity contribution < 1.29 is 0 Å². The minimum atomic E-state index is 0.939. The molecule has 1 aliphatic rings. The molecule has 0 spiro atoms. The third-order valence-corrected chi connectivity index (χ3v) is 4.22. The lowest BCUT2D eigenvalue weighted by Crippen LogP contribution is -1.95.